The standard InChI is InChI=1S/C19H14FN3O2/c1-2-23-16-7-14(20)11(9-24)6-13(16)18(25)17-12-4-3-10(8-21)5-15(12)22-19(17)23/h3-7,22,24H,2,9H2,1H3. The van der Waals surface area contributed by atoms with E-state index in [1.165, 1.54) is 12.1 Å². The third kappa shape index (κ3) is 2.06. The monoisotopic (exact) mass is 335 g/mol. The number of nitriles is 1. The number of aromatic amines is 1. The van der Waals surface area contributed by atoms with Gasteiger partial charge in [-0.05, 0) is 31.2 Å². The van der Waals surface area contributed by atoms with Crippen molar-refractivity contribution in [1.82, 2.24) is 9.55 Å². The number of hydrogen-bond acceptors (Lipinski definition) is 3. The van der Waals surface area contributed by atoms with Crippen LogP contribution in [0.1, 0.15) is 18.1 Å². The number of pyridine rings is 1. The number of rotatable bonds is 2. The Morgan fingerprint density at radius 2 is 2.08 bits per heavy atom. The Labute approximate surface area is 141 Å². The molecule has 0 saturated heterocycles. The van der Waals surface area contributed by atoms with Gasteiger partial charge < -0.3 is 14.7 Å². The molecule has 4 aromatic rings. The fraction of sp³-hybridized carbons (Fsp3) is 0.158. The molecule has 5 nitrogen and oxygen atoms in total. The first-order chi connectivity index (χ1) is 12.1. The number of aromatic nitrogens is 2. The predicted octanol–water partition coefficient (Wildman–Crippen LogP) is 3.16. The number of aliphatic hydroxyl groups excluding tert-OH is 1. The maximum absolute atomic E-state index is 14.1. The summed E-state index contributed by atoms with van der Waals surface area (Å²) in [4.78, 5) is 16.3. The Kier molecular flexibility index (Phi) is 3.34. The molecule has 0 bridgehead atoms. The van der Waals surface area contributed by atoms with Gasteiger partial charge in [0, 0.05) is 28.4 Å². The van der Waals surface area contributed by atoms with Crippen molar-refractivity contribution < 1.29 is 9.50 Å². The first-order valence-electron chi connectivity index (χ1n) is 7.90. The van der Waals surface area contributed by atoms with E-state index in [2.05, 4.69) is 11.1 Å². The summed E-state index contributed by atoms with van der Waals surface area (Å²) in [6, 6.07) is 9.89. The van der Waals surface area contributed by atoms with E-state index in [1.54, 1.807) is 18.2 Å². The summed E-state index contributed by atoms with van der Waals surface area (Å²) in [5.74, 6) is -0.543. The van der Waals surface area contributed by atoms with E-state index in [-0.39, 0.29) is 11.0 Å². The van der Waals surface area contributed by atoms with Crippen LogP contribution in [-0.4, -0.2) is 14.7 Å². The fourth-order valence-corrected chi connectivity index (χ4v) is 3.40. The van der Waals surface area contributed by atoms with Gasteiger partial charge in [0.25, 0.3) is 0 Å². The lowest BCUT2D eigenvalue weighted by Gasteiger charge is -2.12. The Bertz CT molecular complexity index is 1260. The first kappa shape index (κ1) is 15.4. The molecule has 0 unspecified atom stereocenters. The second-order valence-electron chi connectivity index (χ2n) is 5.91. The molecule has 0 spiro atoms. The van der Waals surface area contributed by atoms with Crippen molar-refractivity contribution in [3.8, 4) is 6.07 Å². The van der Waals surface area contributed by atoms with Crippen molar-refractivity contribution in [2.75, 3.05) is 0 Å². The number of nitrogens with one attached hydrogen (secondary N) is 1. The second-order valence-corrected chi connectivity index (χ2v) is 5.91. The number of H-pyrrole nitrogens is 1. The van der Waals surface area contributed by atoms with Crippen LogP contribution in [0.2, 0.25) is 0 Å². The molecule has 2 aromatic heterocycles. The molecule has 0 saturated carbocycles. The fourth-order valence-electron chi connectivity index (χ4n) is 3.40. The number of hydrogen-bond donors (Lipinski definition) is 2. The molecule has 6 heteroatoms. The van der Waals surface area contributed by atoms with Crippen molar-refractivity contribution in [2.24, 2.45) is 0 Å². The van der Waals surface area contributed by atoms with Crippen LogP contribution in [0.3, 0.4) is 0 Å². The summed E-state index contributed by atoms with van der Waals surface area (Å²) in [7, 11) is 0. The zero-order chi connectivity index (χ0) is 17.7. The Balaban J connectivity index is 2.28. The number of benzene rings is 2. The Morgan fingerprint density at radius 3 is 2.76 bits per heavy atom. The van der Waals surface area contributed by atoms with E-state index in [1.807, 2.05) is 11.5 Å². The molecule has 2 aromatic carbocycles. The Morgan fingerprint density at radius 1 is 1.28 bits per heavy atom. The molecule has 25 heavy (non-hydrogen) atoms. The zero-order valence-corrected chi connectivity index (χ0v) is 13.4. The van der Waals surface area contributed by atoms with Gasteiger partial charge in [0.2, 0.25) is 0 Å². The molecule has 0 fully saturated rings. The highest BCUT2D eigenvalue weighted by Crippen LogP contribution is 2.28. The molecule has 2 N–H and O–H groups in total. The highest BCUT2D eigenvalue weighted by atomic mass is 19.1. The minimum absolute atomic E-state index is 0.0956. The average Bonchev–Trinajstić information content (AvgIpc) is 3.00. The van der Waals surface area contributed by atoms with Crippen molar-refractivity contribution >= 4 is 32.8 Å². The number of nitrogens with zero attached hydrogens (tertiary/aromatic N) is 2. The molecule has 4 rings (SSSR count). The van der Waals surface area contributed by atoms with E-state index in [9.17, 15) is 14.3 Å². The number of aliphatic hydroxyl groups is 1. The summed E-state index contributed by atoms with van der Waals surface area (Å²) in [5, 5.41) is 20.0. The summed E-state index contributed by atoms with van der Waals surface area (Å²) in [6.45, 7) is 1.97. The summed E-state index contributed by atoms with van der Waals surface area (Å²) >= 11 is 0. The van der Waals surface area contributed by atoms with Crippen LogP contribution in [0.5, 0.6) is 0 Å². The van der Waals surface area contributed by atoms with E-state index in [4.69, 9.17) is 5.26 Å². The first-order valence-corrected chi connectivity index (χ1v) is 7.90. The van der Waals surface area contributed by atoms with Gasteiger partial charge >= 0.3 is 0 Å². The maximum atomic E-state index is 14.1. The van der Waals surface area contributed by atoms with Crippen LogP contribution in [0.25, 0.3) is 32.8 Å². The van der Waals surface area contributed by atoms with Crippen LogP contribution in [-0.2, 0) is 13.2 Å². The zero-order valence-electron chi connectivity index (χ0n) is 13.4. The van der Waals surface area contributed by atoms with Crippen LogP contribution < -0.4 is 5.43 Å². The van der Waals surface area contributed by atoms with Gasteiger partial charge in [0.15, 0.2) is 5.43 Å². The van der Waals surface area contributed by atoms with Crippen molar-refractivity contribution in [2.45, 2.75) is 20.1 Å². The minimum Gasteiger partial charge on any atom is -0.392 e. The third-order valence-electron chi connectivity index (χ3n) is 4.59. The van der Waals surface area contributed by atoms with Gasteiger partial charge in [0.05, 0.1) is 29.1 Å². The third-order valence-corrected chi connectivity index (χ3v) is 4.59. The Hall–Kier alpha value is -3.17. The molecular formula is C19H14FN3O2. The SMILES string of the molecule is CCn1c2cc(F)c(CO)cc2c(=O)c2c3ccc(C#N)cc3[nH]c21. The molecule has 0 radical (unpaired) electrons. The van der Waals surface area contributed by atoms with Gasteiger partial charge in [-0.1, -0.05) is 6.07 Å². The van der Waals surface area contributed by atoms with E-state index < -0.39 is 12.4 Å². The number of fused-ring (bicyclic) bond motifs is 4. The molecular weight excluding hydrogens is 321 g/mol. The van der Waals surface area contributed by atoms with E-state index >= 15 is 0 Å². The molecule has 124 valence electrons. The van der Waals surface area contributed by atoms with Crippen LogP contribution >= 0.6 is 0 Å². The summed E-state index contributed by atoms with van der Waals surface area (Å²) < 4.78 is 16.0. The summed E-state index contributed by atoms with van der Waals surface area (Å²) in [5.41, 5.74) is 2.13. The lowest BCUT2D eigenvalue weighted by Crippen LogP contribution is -2.11. The van der Waals surface area contributed by atoms with Gasteiger partial charge in [0.1, 0.15) is 11.5 Å². The smallest absolute Gasteiger partial charge is 0.199 e. The second kappa shape index (κ2) is 5.43. The molecule has 2 heterocycles. The minimum atomic E-state index is -0.543. The van der Waals surface area contributed by atoms with Crippen molar-refractivity contribution in [1.29, 1.82) is 5.26 Å². The highest BCUT2D eigenvalue weighted by molar-refractivity contribution is 6.09. The van der Waals surface area contributed by atoms with Crippen molar-refractivity contribution in [3.63, 3.8) is 0 Å². The lowest BCUT2D eigenvalue weighted by atomic mass is 10.1. The average molecular weight is 335 g/mol. The number of halogens is 1. The topological polar surface area (TPSA) is 81.8 Å². The van der Waals surface area contributed by atoms with Crippen LogP contribution in [0.4, 0.5) is 4.39 Å². The van der Waals surface area contributed by atoms with E-state index in [0.29, 0.717) is 39.6 Å². The normalized spacial score (nSPS) is 11.4. The molecule has 0 atom stereocenters. The number of aryl methyl sites for hydroxylation is 1. The predicted molar refractivity (Wildman–Crippen MR) is 93.8 cm³/mol. The van der Waals surface area contributed by atoms with Gasteiger partial charge in [-0.2, -0.15) is 5.26 Å². The largest absolute Gasteiger partial charge is 0.392 e. The highest BCUT2D eigenvalue weighted by Gasteiger charge is 2.17. The quantitative estimate of drug-likeness (QED) is 0.590. The molecule has 0 aliphatic heterocycles. The maximum Gasteiger partial charge on any atom is 0.199 e. The van der Waals surface area contributed by atoms with Crippen LogP contribution in [0.15, 0.2) is 35.1 Å². The molecule has 0 amide bonds. The van der Waals surface area contributed by atoms with Crippen LogP contribution in [0, 0.1) is 17.1 Å². The summed E-state index contributed by atoms with van der Waals surface area (Å²) in [6.07, 6.45) is 0. The van der Waals surface area contributed by atoms with Gasteiger partial charge in [-0.3, -0.25) is 4.79 Å². The van der Waals surface area contributed by atoms with Gasteiger partial charge in [-0.15, -0.1) is 0 Å². The van der Waals surface area contributed by atoms with E-state index in [0.717, 1.165) is 5.39 Å². The van der Waals surface area contributed by atoms with Crippen molar-refractivity contribution in [3.05, 3.63) is 57.5 Å². The lowest BCUT2D eigenvalue weighted by molar-refractivity contribution is 0.276. The molecule has 0 aliphatic rings. The van der Waals surface area contributed by atoms with Gasteiger partial charge in [-0.25, -0.2) is 4.39 Å². The molecule has 0 aliphatic carbocycles.